The van der Waals surface area contributed by atoms with E-state index in [9.17, 15) is 0 Å². The van der Waals surface area contributed by atoms with Crippen LogP contribution in [0.5, 0.6) is 5.75 Å². The Balaban J connectivity index is 1.90. The Morgan fingerprint density at radius 1 is 0.905 bits per heavy atom. The predicted octanol–water partition coefficient (Wildman–Crippen LogP) is 4.97. The molecule has 0 unspecified atom stereocenters. The summed E-state index contributed by atoms with van der Waals surface area (Å²) in [6.07, 6.45) is 12.2. The minimum Gasteiger partial charge on any atom is -0.497 e. The zero-order valence-corrected chi connectivity index (χ0v) is 14.0. The van der Waals surface area contributed by atoms with Crippen molar-refractivity contribution in [2.24, 2.45) is 0 Å². The van der Waals surface area contributed by atoms with Gasteiger partial charge in [0, 0.05) is 0 Å². The SMILES string of the molecule is CCCCCCCCCCNCCc1cccc(OC)c1. The molecule has 1 rings (SSSR count). The second-order valence-corrected chi connectivity index (χ2v) is 5.83. The smallest absolute Gasteiger partial charge is 0.119 e. The summed E-state index contributed by atoms with van der Waals surface area (Å²) in [7, 11) is 1.72. The number of hydrogen-bond acceptors (Lipinski definition) is 2. The number of unbranched alkanes of at least 4 members (excludes halogenated alkanes) is 7. The molecule has 0 atom stereocenters. The van der Waals surface area contributed by atoms with Gasteiger partial charge in [0.05, 0.1) is 7.11 Å². The third kappa shape index (κ3) is 9.52. The largest absolute Gasteiger partial charge is 0.497 e. The van der Waals surface area contributed by atoms with Crippen molar-refractivity contribution < 1.29 is 4.74 Å². The first kappa shape index (κ1) is 18.0. The van der Waals surface area contributed by atoms with E-state index < -0.39 is 0 Å². The lowest BCUT2D eigenvalue weighted by Gasteiger charge is -2.06. The summed E-state index contributed by atoms with van der Waals surface area (Å²) in [4.78, 5) is 0. The summed E-state index contributed by atoms with van der Waals surface area (Å²) >= 11 is 0. The van der Waals surface area contributed by atoms with Gasteiger partial charge >= 0.3 is 0 Å². The van der Waals surface area contributed by atoms with E-state index in [0.717, 1.165) is 25.3 Å². The van der Waals surface area contributed by atoms with Crippen LogP contribution in [0.3, 0.4) is 0 Å². The highest BCUT2D eigenvalue weighted by Gasteiger charge is 1.96. The van der Waals surface area contributed by atoms with Gasteiger partial charge in [-0.1, -0.05) is 64.0 Å². The number of hydrogen-bond donors (Lipinski definition) is 1. The molecule has 2 nitrogen and oxygen atoms in total. The fraction of sp³-hybridized carbons (Fsp3) is 0.684. The summed E-state index contributed by atoms with van der Waals surface area (Å²) in [5.74, 6) is 0.954. The third-order valence-corrected chi connectivity index (χ3v) is 3.93. The van der Waals surface area contributed by atoms with Crippen molar-refractivity contribution in [2.45, 2.75) is 64.7 Å². The van der Waals surface area contributed by atoms with Crippen LogP contribution < -0.4 is 10.1 Å². The maximum atomic E-state index is 5.24. The van der Waals surface area contributed by atoms with E-state index in [1.807, 2.05) is 6.07 Å². The minimum atomic E-state index is 0.954. The number of rotatable bonds is 13. The topological polar surface area (TPSA) is 21.3 Å². The maximum absolute atomic E-state index is 5.24. The molecule has 0 aliphatic carbocycles. The van der Waals surface area contributed by atoms with Gasteiger partial charge in [-0.3, -0.25) is 0 Å². The van der Waals surface area contributed by atoms with Gasteiger partial charge in [-0.25, -0.2) is 0 Å². The normalized spacial score (nSPS) is 10.8. The highest BCUT2D eigenvalue weighted by Crippen LogP contribution is 2.12. The molecule has 1 aromatic rings. The van der Waals surface area contributed by atoms with Gasteiger partial charge in [-0.2, -0.15) is 0 Å². The van der Waals surface area contributed by atoms with Crippen LogP contribution in [0.4, 0.5) is 0 Å². The highest BCUT2D eigenvalue weighted by atomic mass is 16.5. The fourth-order valence-electron chi connectivity index (χ4n) is 2.57. The van der Waals surface area contributed by atoms with Gasteiger partial charge < -0.3 is 10.1 Å². The van der Waals surface area contributed by atoms with Crippen molar-refractivity contribution >= 4 is 0 Å². The summed E-state index contributed by atoms with van der Waals surface area (Å²) in [6, 6.07) is 8.35. The molecule has 0 saturated heterocycles. The van der Waals surface area contributed by atoms with Crippen molar-refractivity contribution in [2.75, 3.05) is 20.2 Å². The lowest BCUT2D eigenvalue weighted by molar-refractivity contribution is 0.414. The van der Waals surface area contributed by atoms with Gasteiger partial charge in [0.2, 0.25) is 0 Å². The number of benzene rings is 1. The molecular weight excluding hydrogens is 258 g/mol. The number of ether oxygens (including phenoxy) is 1. The molecule has 0 fully saturated rings. The van der Waals surface area contributed by atoms with Crippen LogP contribution >= 0.6 is 0 Å². The van der Waals surface area contributed by atoms with Gasteiger partial charge in [0.25, 0.3) is 0 Å². The zero-order valence-electron chi connectivity index (χ0n) is 14.0. The molecule has 1 N–H and O–H groups in total. The first-order chi connectivity index (χ1) is 10.4. The fourth-order valence-corrected chi connectivity index (χ4v) is 2.57. The molecule has 0 heterocycles. The Morgan fingerprint density at radius 3 is 2.33 bits per heavy atom. The Morgan fingerprint density at radius 2 is 1.62 bits per heavy atom. The lowest BCUT2D eigenvalue weighted by Crippen LogP contribution is -2.18. The molecule has 1 aromatic carbocycles. The molecule has 120 valence electrons. The molecule has 0 spiro atoms. The van der Waals surface area contributed by atoms with Crippen LogP contribution in [0.2, 0.25) is 0 Å². The summed E-state index contributed by atoms with van der Waals surface area (Å²) in [6.45, 7) is 4.49. The Labute approximate surface area is 131 Å². The van der Waals surface area contributed by atoms with Crippen molar-refractivity contribution in [1.82, 2.24) is 5.32 Å². The Bertz CT molecular complexity index is 351. The zero-order chi connectivity index (χ0) is 15.2. The van der Waals surface area contributed by atoms with Crippen LogP contribution in [-0.2, 0) is 6.42 Å². The molecule has 0 aliphatic heterocycles. The lowest BCUT2D eigenvalue weighted by atomic mass is 10.1. The molecule has 0 bridgehead atoms. The molecule has 0 amide bonds. The van der Waals surface area contributed by atoms with Crippen LogP contribution in [0.25, 0.3) is 0 Å². The quantitative estimate of drug-likeness (QED) is 0.518. The van der Waals surface area contributed by atoms with Crippen molar-refractivity contribution in [3.8, 4) is 5.75 Å². The number of nitrogens with one attached hydrogen (secondary N) is 1. The minimum absolute atomic E-state index is 0.954. The summed E-state index contributed by atoms with van der Waals surface area (Å²) in [5.41, 5.74) is 1.35. The van der Waals surface area contributed by atoms with Crippen molar-refractivity contribution in [3.05, 3.63) is 29.8 Å². The molecular formula is C19H33NO. The van der Waals surface area contributed by atoms with E-state index in [2.05, 4.69) is 30.4 Å². The molecule has 0 aromatic heterocycles. The van der Waals surface area contributed by atoms with Gasteiger partial charge in [-0.15, -0.1) is 0 Å². The van der Waals surface area contributed by atoms with Crippen LogP contribution in [-0.4, -0.2) is 20.2 Å². The van der Waals surface area contributed by atoms with E-state index in [1.165, 1.54) is 56.9 Å². The van der Waals surface area contributed by atoms with Crippen LogP contribution in [0.15, 0.2) is 24.3 Å². The van der Waals surface area contributed by atoms with Gasteiger partial charge in [-0.05, 0) is 43.6 Å². The van der Waals surface area contributed by atoms with Crippen LogP contribution in [0, 0.1) is 0 Å². The molecule has 21 heavy (non-hydrogen) atoms. The monoisotopic (exact) mass is 291 g/mol. The standard InChI is InChI=1S/C19H33NO/c1-3-4-5-6-7-8-9-10-15-20-16-14-18-12-11-13-19(17-18)21-2/h11-13,17,20H,3-10,14-16H2,1-2H3. The second-order valence-electron chi connectivity index (χ2n) is 5.83. The molecule has 0 radical (unpaired) electrons. The highest BCUT2D eigenvalue weighted by molar-refractivity contribution is 5.28. The van der Waals surface area contributed by atoms with Crippen molar-refractivity contribution in [1.29, 1.82) is 0 Å². The number of methoxy groups -OCH3 is 1. The maximum Gasteiger partial charge on any atom is 0.119 e. The molecule has 2 heteroatoms. The van der Waals surface area contributed by atoms with Gasteiger partial charge in [0.1, 0.15) is 5.75 Å². The van der Waals surface area contributed by atoms with Gasteiger partial charge in [0.15, 0.2) is 0 Å². The molecule has 0 saturated carbocycles. The predicted molar refractivity (Wildman–Crippen MR) is 92.2 cm³/mol. The average molecular weight is 291 g/mol. The van der Waals surface area contributed by atoms with E-state index in [1.54, 1.807) is 7.11 Å². The Hall–Kier alpha value is -1.02. The van der Waals surface area contributed by atoms with E-state index in [4.69, 9.17) is 4.74 Å². The summed E-state index contributed by atoms with van der Waals surface area (Å²) < 4.78 is 5.24. The van der Waals surface area contributed by atoms with Crippen molar-refractivity contribution in [3.63, 3.8) is 0 Å². The van der Waals surface area contributed by atoms with E-state index in [0.29, 0.717) is 0 Å². The first-order valence-electron chi connectivity index (χ1n) is 8.70. The third-order valence-electron chi connectivity index (χ3n) is 3.93. The summed E-state index contributed by atoms with van der Waals surface area (Å²) in [5, 5.41) is 3.54. The molecule has 0 aliphatic rings. The van der Waals surface area contributed by atoms with E-state index >= 15 is 0 Å². The first-order valence-corrected chi connectivity index (χ1v) is 8.70. The second kappa shape index (κ2) is 12.7. The average Bonchev–Trinajstić information content (AvgIpc) is 2.53. The Kier molecular flexibility index (Phi) is 10.9. The van der Waals surface area contributed by atoms with Crippen LogP contribution in [0.1, 0.15) is 63.9 Å². The van der Waals surface area contributed by atoms with E-state index in [-0.39, 0.29) is 0 Å².